The number of ether oxygens (including phenoxy) is 2. The lowest BCUT2D eigenvalue weighted by molar-refractivity contribution is -0.161. The summed E-state index contributed by atoms with van der Waals surface area (Å²) in [6, 6.07) is 0. The third-order valence-corrected chi connectivity index (χ3v) is 12.0. The molecule has 0 aliphatic heterocycles. The van der Waals surface area contributed by atoms with Crippen molar-refractivity contribution >= 4 is 19.8 Å². The lowest BCUT2D eigenvalue weighted by Crippen LogP contribution is -2.29. The predicted octanol–water partition coefficient (Wildman–Crippen LogP) is 16.5. The maximum absolute atomic E-state index is 12.6. The zero-order chi connectivity index (χ0) is 48.8. The third kappa shape index (κ3) is 52.2. The van der Waals surface area contributed by atoms with E-state index in [9.17, 15) is 19.0 Å². The molecule has 384 valence electrons. The van der Waals surface area contributed by atoms with Gasteiger partial charge in [0.25, 0.3) is 0 Å². The minimum Gasteiger partial charge on any atom is -0.462 e. The van der Waals surface area contributed by atoms with Gasteiger partial charge in [-0.3, -0.25) is 18.6 Å². The number of hydrogen-bond donors (Lipinski definition) is 2. The van der Waals surface area contributed by atoms with Crippen LogP contribution in [0.15, 0.2) is 97.2 Å². The summed E-state index contributed by atoms with van der Waals surface area (Å²) in [7, 11) is -4.38. The molecule has 0 aromatic rings. The van der Waals surface area contributed by atoms with Crippen LogP contribution in [-0.4, -0.2) is 49.3 Å². The van der Waals surface area contributed by atoms with Crippen LogP contribution in [0.4, 0.5) is 0 Å². The highest BCUT2D eigenvalue weighted by atomic mass is 31.2. The Balaban J connectivity index is 3.89. The SMILES string of the molecule is CC/C=C\C/C=C\C/C=C\C/C=C\C/C=C\C/C=C\C/C=C\C/C=C\CCCCCCCCCCCCCCC(=O)OC(COC(=O)CCCCCCCCCCC)COP(=O)(O)OCCN. The molecular weight excluding hydrogens is 858 g/mol. The molecule has 0 fully saturated rings. The second-order valence-corrected chi connectivity index (χ2v) is 18.8. The molecular formula is C57H98NO8P. The molecule has 0 aliphatic rings. The molecule has 0 aromatic heterocycles. The van der Waals surface area contributed by atoms with Crippen molar-refractivity contribution in [3.8, 4) is 0 Å². The molecule has 0 rings (SSSR count). The maximum atomic E-state index is 12.6. The quantitative estimate of drug-likeness (QED) is 0.0264. The van der Waals surface area contributed by atoms with Gasteiger partial charge in [0.05, 0.1) is 13.2 Å². The average molecular weight is 956 g/mol. The van der Waals surface area contributed by atoms with Gasteiger partial charge in [0, 0.05) is 19.4 Å². The number of phosphoric ester groups is 1. The van der Waals surface area contributed by atoms with Crippen LogP contribution in [0.5, 0.6) is 0 Å². The van der Waals surface area contributed by atoms with Crippen molar-refractivity contribution in [3.05, 3.63) is 97.2 Å². The summed E-state index contributed by atoms with van der Waals surface area (Å²) in [5.41, 5.74) is 5.35. The highest BCUT2D eigenvalue weighted by Crippen LogP contribution is 2.43. The number of allylic oxidation sites excluding steroid dienone is 16. The number of esters is 2. The summed E-state index contributed by atoms with van der Waals surface area (Å²) < 4.78 is 32.8. The van der Waals surface area contributed by atoms with E-state index in [4.69, 9.17) is 24.3 Å². The first-order chi connectivity index (χ1) is 32.8. The number of rotatable bonds is 49. The van der Waals surface area contributed by atoms with Crippen LogP contribution in [0.2, 0.25) is 0 Å². The molecule has 0 aliphatic carbocycles. The van der Waals surface area contributed by atoms with Gasteiger partial charge in [0.15, 0.2) is 6.10 Å². The van der Waals surface area contributed by atoms with Crippen molar-refractivity contribution in [1.29, 1.82) is 0 Å². The summed E-state index contributed by atoms with van der Waals surface area (Å²) in [5.74, 6) is -0.835. The van der Waals surface area contributed by atoms with E-state index in [-0.39, 0.29) is 38.6 Å². The van der Waals surface area contributed by atoms with Crippen molar-refractivity contribution in [1.82, 2.24) is 0 Å². The molecule has 0 spiro atoms. The molecule has 0 heterocycles. The van der Waals surface area contributed by atoms with Gasteiger partial charge < -0.3 is 20.1 Å². The van der Waals surface area contributed by atoms with E-state index >= 15 is 0 Å². The van der Waals surface area contributed by atoms with Crippen LogP contribution in [0.25, 0.3) is 0 Å². The van der Waals surface area contributed by atoms with Gasteiger partial charge in [-0.05, 0) is 77.0 Å². The first-order valence-corrected chi connectivity index (χ1v) is 28.2. The van der Waals surface area contributed by atoms with E-state index < -0.39 is 26.5 Å². The van der Waals surface area contributed by atoms with Gasteiger partial charge in [-0.25, -0.2) is 4.57 Å². The Bertz CT molecular complexity index is 1410. The van der Waals surface area contributed by atoms with Crippen molar-refractivity contribution < 1.29 is 37.6 Å². The summed E-state index contributed by atoms with van der Waals surface area (Å²) in [6.45, 7) is 3.59. The van der Waals surface area contributed by atoms with Crippen LogP contribution in [-0.2, 0) is 32.7 Å². The molecule has 0 bridgehead atoms. The number of carbonyl (C=O) groups is 2. The Morgan fingerprint density at radius 1 is 0.463 bits per heavy atom. The number of phosphoric acid groups is 1. The average Bonchev–Trinajstić information content (AvgIpc) is 3.32. The molecule has 0 aromatic carbocycles. The van der Waals surface area contributed by atoms with E-state index in [1.165, 1.54) is 96.3 Å². The minimum absolute atomic E-state index is 0.0507. The predicted molar refractivity (Wildman–Crippen MR) is 284 cm³/mol. The second-order valence-electron chi connectivity index (χ2n) is 17.4. The number of nitrogens with two attached hydrogens (primary N) is 1. The third-order valence-electron chi connectivity index (χ3n) is 11.0. The molecule has 67 heavy (non-hydrogen) atoms. The van der Waals surface area contributed by atoms with Gasteiger partial charge in [0.1, 0.15) is 6.61 Å². The van der Waals surface area contributed by atoms with Gasteiger partial charge in [-0.2, -0.15) is 0 Å². The summed E-state index contributed by atoms with van der Waals surface area (Å²) in [4.78, 5) is 34.9. The van der Waals surface area contributed by atoms with Crippen LogP contribution in [0.3, 0.4) is 0 Å². The van der Waals surface area contributed by atoms with E-state index in [2.05, 4.69) is 111 Å². The van der Waals surface area contributed by atoms with Crippen molar-refractivity contribution in [3.63, 3.8) is 0 Å². The van der Waals surface area contributed by atoms with Gasteiger partial charge in [0.2, 0.25) is 0 Å². The van der Waals surface area contributed by atoms with Crippen molar-refractivity contribution in [2.24, 2.45) is 5.73 Å². The molecule has 10 heteroatoms. The molecule has 2 atom stereocenters. The van der Waals surface area contributed by atoms with E-state index in [0.717, 1.165) is 89.9 Å². The highest BCUT2D eigenvalue weighted by Gasteiger charge is 2.26. The molecule has 0 radical (unpaired) electrons. The zero-order valence-electron chi connectivity index (χ0n) is 42.6. The Morgan fingerprint density at radius 2 is 0.821 bits per heavy atom. The fourth-order valence-electron chi connectivity index (χ4n) is 7.06. The summed E-state index contributed by atoms with van der Waals surface area (Å²) in [6.07, 6.45) is 69.1. The first kappa shape index (κ1) is 63.9. The zero-order valence-corrected chi connectivity index (χ0v) is 43.5. The van der Waals surface area contributed by atoms with Crippen LogP contribution in [0, 0.1) is 0 Å². The number of unbranched alkanes of at least 4 members (excludes halogenated alkanes) is 20. The monoisotopic (exact) mass is 956 g/mol. The lowest BCUT2D eigenvalue weighted by Gasteiger charge is -2.19. The molecule has 2 unspecified atom stereocenters. The second kappa shape index (κ2) is 52.3. The molecule has 0 saturated carbocycles. The fraction of sp³-hybridized carbons (Fsp3) is 0.684. The smallest absolute Gasteiger partial charge is 0.462 e. The van der Waals surface area contributed by atoms with Gasteiger partial charge >= 0.3 is 19.8 Å². The molecule has 0 amide bonds. The Kier molecular flexibility index (Phi) is 49.9. The molecule has 0 saturated heterocycles. The fourth-order valence-corrected chi connectivity index (χ4v) is 7.83. The molecule has 3 N–H and O–H groups in total. The van der Waals surface area contributed by atoms with Crippen molar-refractivity contribution in [2.45, 2.75) is 225 Å². The summed E-state index contributed by atoms with van der Waals surface area (Å²) in [5, 5.41) is 0. The lowest BCUT2D eigenvalue weighted by atomic mass is 10.0. The van der Waals surface area contributed by atoms with E-state index in [1.807, 2.05) is 0 Å². The Hall–Kier alpha value is -3.07. The summed E-state index contributed by atoms with van der Waals surface area (Å²) >= 11 is 0. The van der Waals surface area contributed by atoms with E-state index in [1.54, 1.807) is 0 Å². The number of carbonyl (C=O) groups excluding carboxylic acids is 2. The standard InChI is InChI=1S/C57H98NO8P/c1-3-5-7-9-11-13-14-15-16-17-18-19-20-21-22-23-24-25-26-27-28-29-30-31-32-33-34-35-36-37-38-39-40-42-44-46-48-50-57(60)66-55(54-65-67(61,62)64-52-51-58)53-63-56(59)49-47-45-43-41-12-10-8-6-4-2/h5,7,11,13,15-16,18-19,21-22,24-25,27-28,30-31,55H,3-4,6,8-10,12,14,17,20,23,26,29,32-54,58H2,1-2H3,(H,61,62)/b7-5-,13-11-,16-15-,19-18-,22-21-,25-24-,28-27-,31-30-. The highest BCUT2D eigenvalue weighted by molar-refractivity contribution is 7.47. The van der Waals surface area contributed by atoms with Crippen LogP contribution in [0.1, 0.15) is 219 Å². The Morgan fingerprint density at radius 3 is 1.22 bits per heavy atom. The maximum Gasteiger partial charge on any atom is 0.472 e. The molecule has 9 nitrogen and oxygen atoms in total. The van der Waals surface area contributed by atoms with E-state index in [0.29, 0.717) is 6.42 Å². The largest absolute Gasteiger partial charge is 0.472 e. The topological polar surface area (TPSA) is 134 Å². The number of hydrogen-bond acceptors (Lipinski definition) is 8. The van der Waals surface area contributed by atoms with Gasteiger partial charge in [-0.15, -0.1) is 0 Å². The van der Waals surface area contributed by atoms with Gasteiger partial charge in [-0.1, -0.05) is 227 Å². The van der Waals surface area contributed by atoms with Crippen molar-refractivity contribution in [2.75, 3.05) is 26.4 Å². The van der Waals surface area contributed by atoms with Crippen LogP contribution < -0.4 is 5.73 Å². The Labute approximate surface area is 410 Å². The normalized spacial score (nSPS) is 13.9. The minimum atomic E-state index is -4.38. The van der Waals surface area contributed by atoms with Crippen LogP contribution >= 0.6 is 7.82 Å². The first-order valence-electron chi connectivity index (χ1n) is 26.7.